The van der Waals surface area contributed by atoms with E-state index in [2.05, 4.69) is 0 Å². The molecule has 0 spiro atoms. The monoisotopic (exact) mass is 234 g/mol. The van der Waals surface area contributed by atoms with E-state index in [0.29, 0.717) is 16.5 Å². The van der Waals surface area contributed by atoms with Crippen molar-refractivity contribution < 1.29 is 9.76 Å². The second kappa shape index (κ2) is 3.89. The summed E-state index contributed by atoms with van der Waals surface area (Å²) in [5.74, 6) is 0. The van der Waals surface area contributed by atoms with E-state index in [4.69, 9.17) is 4.84 Å². The van der Waals surface area contributed by atoms with Gasteiger partial charge in [0, 0.05) is 23.6 Å². The van der Waals surface area contributed by atoms with Crippen molar-refractivity contribution in [3.63, 3.8) is 0 Å². The highest BCUT2D eigenvalue weighted by Gasteiger charge is 2.11. The molecule has 2 rings (SSSR count). The van der Waals surface area contributed by atoms with Crippen LogP contribution in [0.25, 0.3) is 10.9 Å². The summed E-state index contributed by atoms with van der Waals surface area (Å²) < 4.78 is 1.10. The molecule has 2 aromatic rings. The molecular weight excluding hydrogens is 224 g/mol. The topological polar surface area (TPSA) is 74.4 Å². The number of aromatic nitrogens is 1. The van der Waals surface area contributed by atoms with Crippen molar-refractivity contribution in [3.05, 3.63) is 50.3 Å². The Hall–Kier alpha value is -2.37. The third-order valence-electron chi connectivity index (χ3n) is 2.56. The smallest absolute Gasteiger partial charge is 0.283 e. The zero-order valence-electron chi connectivity index (χ0n) is 9.34. The van der Waals surface area contributed by atoms with Crippen LogP contribution in [-0.2, 0) is 0 Å². The van der Waals surface area contributed by atoms with E-state index in [0.717, 1.165) is 4.73 Å². The summed E-state index contributed by atoms with van der Waals surface area (Å²) in [5.41, 5.74) is 0.887. The molecule has 17 heavy (non-hydrogen) atoms. The van der Waals surface area contributed by atoms with Crippen molar-refractivity contribution in [1.29, 1.82) is 0 Å². The van der Waals surface area contributed by atoms with Gasteiger partial charge in [0.1, 0.15) is 7.11 Å². The van der Waals surface area contributed by atoms with E-state index >= 15 is 0 Å². The van der Waals surface area contributed by atoms with Crippen LogP contribution in [0.3, 0.4) is 0 Å². The van der Waals surface area contributed by atoms with Crippen LogP contribution in [0, 0.1) is 17.0 Å². The molecule has 1 heterocycles. The minimum absolute atomic E-state index is 0.0121. The second-order valence-corrected chi connectivity index (χ2v) is 3.60. The molecule has 88 valence electrons. The highest BCUT2D eigenvalue weighted by Crippen LogP contribution is 2.21. The van der Waals surface area contributed by atoms with Crippen LogP contribution >= 0.6 is 0 Å². The van der Waals surface area contributed by atoms with Crippen LogP contribution in [0.1, 0.15) is 5.56 Å². The number of benzene rings is 1. The molecule has 0 amide bonds. The third-order valence-corrected chi connectivity index (χ3v) is 2.56. The molecule has 0 aliphatic heterocycles. The zero-order valence-corrected chi connectivity index (χ0v) is 9.34. The molecule has 0 radical (unpaired) electrons. The molecule has 0 unspecified atom stereocenters. The minimum Gasteiger partial charge on any atom is -0.413 e. The van der Waals surface area contributed by atoms with Gasteiger partial charge in [-0.2, -0.15) is 0 Å². The van der Waals surface area contributed by atoms with Crippen molar-refractivity contribution in [2.45, 2.75) is 6.92 Å². The highest BCUT2D eigenvalue weighted by molar-refractivity contribution is 5.84. The molecule has 0 saturated carbocycles. The van der Waals surface area contributed by atoms with Crippen LogP contribution in [0.2, 0.25) is 0 Å². The fraction of sp³-hybridized carbons (Fsp3) is 0.182. The maximum absolute atomic E-state index is 11.6. The molecule has 0 fully saturated rings. The molecular formula is C11H10N2O4. The van der Waals surface area contributed by atoms with Gasteiger partial charge in [-0.05, 0) is 18.6 Å². The van der Waals surface area contributed by atoms with Crippen LogP contribution in [-0.4, -0.2) is 16.8 Å². The van der Waals surface area contributed by atoms with Crippen molar-refractivity contribution in [2.24, 2.45) is 0 Å². The Kier molecular flexibility index (Phi) is 2.55. The SMILES string of the molecule is COn1c(=O)cc(C)c2cc([N+](=O)[O-])ccc21. The predicted octanol–water partition coefficient (Wildman–Crippen LogP) is 1.28. The van der Waals surface area contributed by atoms with E-state index in [1.165, 1.54) is 31.4 Å². The number of nitro benzene ring substituents is 1. The largest absolute Gasteiger partial charge is 0.413 e. The van der Waals surface area contributed by atoms with Gasteiger partial charge >= 0.3 is 0 Å². The van der Waals surface area contributed by atoms with E-state index in [1.807, 2.05) is 0 Å². The number of hydrogen-bond acceptors (Lipinski definition) is 4. The van der Waals surface area contributed by atoms with Gasteiger partial charge in [0.15, 0.2) is 0 Å². The summed E-state index contributed by atoms with van der Waals surface area (Å²) in [7, 11) is 1.37. The average Bonchev–Trinajstić information content (AvgIpc) is 2.29. The van der Waals surface area contributed by atoms with Gasteiger partial charge in [-0.25, -0.2) is 0 Å². The van der Waals surface area contributed by atoms with E-state index in [1.54, 1.807) is 6.92 Å². The maximum atomic E-state index is 11.6. The van der Waals surface area contributed by atoms with Gasteiger partial charge in [0.25, 0.3) is 11.2 Å². The standard InChI is InChI=1S/C11H10N2O4/c1-7-5-11(14)12(17-2)10-4-3-8(13(15)16)6-9(7)10/h3-6H,1-2H3. The number of pyridine rings is 1. The van der Waals surface area contributed by atoms with Gasteiger partial charge in [-0.15, -0.1) is 4.73 Å². The number of aryl methyl sites for hydroxylation is 1. The number of non-ortho nitro benzene ring substituents is 1. The summed E-state index contributed by atoms with van der Waals surface area (Å²) in [4.78, 5) is 26.8. The number of hydrogen-bond donors (Lipinski definition) is 0. The Labute approximate surface area is 96.2 Å². The van der Waals surface area contributed by atoms with Gasteiger partial charge in [-0.1, -0.05) is 0 Å². The number of fused-ring (bicyclic) bond motifs is 1. The van der Waals surface area contributed by atoms with Crippen molar-refractivity contribution in [1.82, 2.24) is 4.73 Å². The van der Waals surface area contributed by atoms with Crippen molar-refractivity contribution >= 4 is 16.6 Å². The molecule has 6 heteroatoms. The third kappa shape index (κ3) is 1.73. The molecule has 0 aliphatic carbocycles. The second-order valence-electron chi connectivity index (χ2n) is 3.60. The van der Waals surface area contributed by atoms with Crippen LogP contribution < -0.4 is 10.4 Å². The lowest BCUT2D eigenvalue weighted by molar-refractivity contribution is -0.384. The first-order chi connectivity index (χ1) is 8.04. The summed E-state index contributed by atoms with van der Waals surface area (Å²) in [6, 6.07) is 5.66. The number of nitro groups is 1. The quantitative estimate of drug-likeness (QED) is 0.579. The van der Waals surface area contributed by atoms with Crippen molar-refractivity contribution in [3.8, 4) is 0 Å². The normalized spacial score (nSPS) is 10.5. The number of rotatable bonds is 2. The average molecular weight is 234 g/mol. The lowest BCUT2D eigenvalue weighted by Gasteiger charge is -2.09. The van der Waals surface area contributed by atoms with Gasteiger partial charge in [0.2, 0.25) is 0 Å². The maximum Gasteiger partial charge on any atom is 0.283 e. The minimum atomic E-state index is -0.471. The van der Waals surface area contributed by atoms with Gasteiger partial charge < -0.3 is 4.84 Å². The summed E-state index contributed by atoms with van der Waals surface area (Å²) >= 11 is 0. The highest BCUT2D eigenvalue weighted by atomic mass is 16.6. The van der Waals surface area contributed by atoms with E-state index < -0.39 is 4.92 Å². The van der Waals surface area contributed by atoms with Crippen LogP contribution in [0.4, 0.5) is 5.69 Å². The Morgan fingerprint density at radius 2 is 2.06 bits per heavy atom. The Balaban J connectivity index is 2.88. The first-order valence-electron chi connectivity index (χ1n) is 4.90. The zero-order chi connectivity index (χ0) is 12.6. The summed E-state index contributed by atoms with van der Waals surface area (Å²) in [6.07, 6.45) is 0. The molecule has 0 saturated heterocycles. The fourth-order valence-electron chi connectivity index (χ4n) is 1.76. The van der Waals surface area contributed by atoms with Crippen LogP contribution in [0.15, 0.2) is 29.1 Å². The van der Waals surface area contributed by atoms with Gasteiger partial charge in [0.05, 0.1) is 10.4 Å². The molecule has 0 aliphatic rings. The Morgan fingerprint density at radius 1 is 1.35 bits per heavy atom. The molecule has 6 nitrogen and oxygen atoms in total. The molecule has 0 N–H and O–H groups in total. The lowest BCUT2D eigenvalue weighted by atomic mass is 10.1. The first kappa shape index (κ1) is 11.1. The Bertz CT molecular complexity index is 660. The molecule has 0 atom stereocenters. The van der Waals surface area contributed by atoms with E-state index in [-0.39, 0.29) is 11.2 Å². The molecule has 1 aromatic heterocycles. The molecule has 0 bridgehead atoms. The van der Waals surface area contributed by atoms with E-state index in [9.17, 15) is 14.9 Å². The first-order valence-corrected chi connectivity index (χ1v) is 4.90. The fourth-order valence-corrected chi connectivity index (χ4v) is 1.76. The van der Waals surface area contributed by atoms with Crippen LogP contribution in [0.5, 0.6) is 0 Å². The predicted molar refractivity (Wildman–Crippen MR) is 62.1 cm³/mol. The number of nitrogens with zero attached hydrogens (tertiary/aromatic N) is 2. The van der Waals surface area contributed by atoms with Gasteiger partial charge in [-0.3, -0.25) is 14.9 Å². The lowest BCUT2D eigenvalue weighted by Crippen LogP contribution is -2.24. The molecule has 1 aromatic carbocycles. The summed E-state index contributed by atoms with van der Waals surface area (Å²) in [6.45, 7) is 1.73. The van der Waals surface area contributed by atoms with Crippen molar-refractivity contribution in [2.75, 3.05) is 7.11 Å². The Morgan fingerprint density at radius 3 is 2.65 bits per heavy atom. The summed E-state index contributed by atoms with van der Waals surface area (Å²) in [5, 5.41) is 11.3.